The number of aromatic nitrogens is 1. The minimum absolute atomic E-state index is 0.0571. The molecule has 10 rings (SSSR count). The van der Waals surface area contributed by atoms with Crippen molar-refractivity contribution < 1.29 is 33.4 Å². The van der Waals surface area contributed by atoms with Gasteiger partial charge in [-0.2, -0.15) is 4.57 Å². The smallest absolute Gasteiger partial charge is 0.370 e. The van der Waals surface area contributed by atoms with Crippen molar-refractivity contribution in [2.75, 3.05) is 31.3 Å². The summed E-state index contributed by atoms with van der Waals surface area (Å²) < 4.78 is 27.2. The third-order valence-corrected chi connectivity index (χ3v) is 22.4. The zero-order valence-electron chi connectivity index (χ0n) is 59.5. The van der Waals surface area contributed by atoms with Gasteiger partial charge in [0.25, 0.3) is 0 Å². The fourth-order valence-corrected chi connectivity index (χ4v) is 16.7. The highest BCUT2D eigenvalue weighted by Crippen LogP contribution is 2.50. The zero-order valence-corrected chi connectivity index (χ0v) is 61.9. The number of benzene rings is 6. The number of carbonyl (C=O) groups is 1. The molecule has 0 unspecified atom stereocenters. The number of hydrogen-bond acceptors (Lipinski definition) is 9. The molecule has 516 valence electrons. The van der Waals surface area contributed by atoms with Crippen molar-refractivity contribution in [3.63, 3.8) is 0 Å². The predicted octanol–water partition coefficient (Wildman–Crippen LogP) is 26.0. The molecule has 0 atom stereocenters. The Kier molecular flexibility index (Phi) is 28.3. The van der Waals surface area contributed by atoms with E-state index >= 15 is 0 Å². The molecule has 0 amide bonds. The summed E-state index contributed by atoms with van der Waals surface area (Å²) >= 11 is 5.94. The van der Waals surface area contributed by atoms with Crippen LogP contribution in [0.4, 0.5) is 17.1 Å². The number of anilines is 3. The molecule has 0 bridgehead atoms. The number of carboxylic acid groups (broad SMARTS) is 1. The number of thiophene rings is 3. The van der Waals surface area contributed by atoms with Gasteiger partial charge in [0.15, 0.2) is 12.4 Å². The van der Waals surface area contributed by atoms with Gasteiger partial charge in [0.1, 0.15) is 23.0 Å². The molecule has 0 saturated heterocycles. The van der Waals surface area contributed by atoms with Gasteiger partial charge in [-0.25, -0.2) is 4.79 Å². The summed E-state index contributed by atoms with van der Waals surface area (Å²) in [7, 11) is 0. The zero-order chi connectivity index (χ0) is 68.4. The quantitative estimate of drug-likeness (QED) is 0.0302. The van der Waals surface area contributed by atoms with Gasteiger partial charge in [0.2, 0.25) is 6.54 Å². The molecular weight excluding hydrogens is 1270 g/mol. The Balaban J connectivity index is 1.03. The van der Waals surface area contributed by atoms with Crippen LogP contribution < -0.4 is 28.4 Å². The summed E-state index contributed by atoms with van der Waals surface area (Å²) in [6.45, 7) is 18.3. The van der Waals surface area contributed by atoms with Gasteiger partial charge in [0.05, 0.1) is 26.4 Å². The molecule has 6 aromatic carbocycles. The molecule has 0 aliphatic carbocycles. The summed E-state index contributed by atoms with van der Waals surface area (Å²) in [5.41, 5.74) is 14.3. The van der Waals surface area contributed by atoms with Crippen molar-refractivity contribution in [3.05, 3.63) is 181 Å². The van der Waals surface area contributed by atoms with Crippen LogP contribution in [0, 0.1) is 0 Å². The van der Waals surface area contributed by atoms with Crippen LogP contribution in [0.25, 0.3) is 73.4 Å². The molecule has 4 heterocycles. The van der Waals surface area contributed by atoms with Gasteiger partial charge in [-0.15, -0.1) is 34.0 Å². The molecule has 1 N–H and O–H groups in total. The second-order valence-corrected chi connectivity index (χ2v) is 29.4. The summed E-state index contributed by atoms with van der Waals surface area (Å²) in [5.74, 6) is 2.53. The third-order valence-electron chi connectivity index (χ3n) is 18.4. The minimum Gasteiger partial charge on any atom is -0.493 e. The van der Waals surface area contributed by atoms with Crippen molar-refractivity contribution >= 4 is 67.8 Å². The Labute approximate surface area is 597 Å². The number of pyridine rings is 1. The third kappa shape index (κ3) is 19.8. The SMILES string of the molecule is CCCCCCc1cc(-c2sc(-c3sc(-c4ccc5c[n+](CC(=O)O)ccc5c4)cc3CCCCCC)cc2CCCCCC)sc1-c1ccc(N(c2ccc(-c3ccc(OCCCC)cc3OCCCC)cc2)c2ccc(-c3ccc(OCCCC)cc3OCCCC)cc2)cc1. The fraction of sp³-hybridized carbons (Fsp3) is 0.402. The first-order valence-electron chi connectivity index (χ1n) is 37.1. The Bertz CT molecular complexity index is 3980. The number of carboxylic acids is 1. The lowest BCUT2D eigenvalue weighted by molar-refractivity contribution is -0.684. The molecule has 4 aromatic heterocycles. The van der Waals surface area contributed by atoms with Crippen LogP contribution in [0.5, 0.6) is 23.0 Å². The van der Waals surface area contributed by atoms with Crippen molar-refractivity contribution in [3.8, 4) is 85.6 Å². The van der Waals surface area contributed by atoms with Crippen LogP contribution >= 0.6 is 34.0 Å². The predicted molar refractivity (Wildman–Crippen MR) is 418 cm³/mol. The van der Waals surface area contributed by atoms with Crippen LogP contribution in [-0.4, -0.2) is 37.5 Å². The molecule has 0 spiro atoms. The number of aryl methyl sites for hydroxylation is 3. The maximum Gasteiger partial charge on any atom is 0.370 e. The van der Waals surface area contributed by atoms with Gasteiger partial charge < -0.3 is 29.0 Å². The summed E-state index contributed by atoms with van der Waals surface area (Å²) in [5, 5.41) is 11.6. The van der Waals surface area contributed by atoms with Gasteiger partial charge in [-0.05, 0) is 200 Å². The van der Waals surface area contributed by atoms with Crippen LogP contribution in [-0.2, 0) is 30.6 Å². The Morgan fingerprint density at radius 1 is 0.378 bits per heavy atom. The topological polar surface area (TPSA) is 81.3 Å². The molecule has 0 saturated carbocycles. The number of fused-ring (bicyclic) bond motifs is 1. The maximum atomic E-state index is 11.6. The molecule has 98 heavy (non-hydrogen) atoms. The highest BCUT2D eigenvalue weighted by atomic mass is 32.1. The van der Waals surface area contributed by atoms with E-state index in [2.05, 4.69) is 199 Å². The summed E-state index contributed by atoms with van der Waals surface area (Å²) in [4.78, 5) is 22.2. The van der Waals surface area contributed by atoms with E-state index in [4.69, 9.17) is 18.9 Å². The number of hydrogen-bond donors (Lipinski definition) is 1. The first kappa shape index (κ1) is 73.0. The normalized spacial score (nSPS) is 11.4. The monoisotopic (exact) mass is 1370 g/mol. The Morgan fingerprint density at radius 3 is 1.22 bits per heavy atom. The molecule has 0 aliphatic heterocycles. The molecule has 10 aromatic rings. The van der Waals surface area contributed by atoms with Gasteiger partial charge in [-0.3, -0.25) is 0 Å². The van der Waals surface area contributed by atoms with E-state index in [0.29, 0.717) is 26.4 Å². The van der Waals surface area contributed by atoms with Gasteiger partial charge in [-0.1, -0.05) is 174 Å². The van der Waals surface area contributed by atoms with E-state index < -0.39 is 5.97 Å². The van der Waals surface area contributed by atoms with E-state index in [9.17, 15) is 9.90 Å². The Morgan fingerprint density at radius 2 is 0.776 bits per heavy atom. The summed E-state index contributed by atoms with van der Waals surface area (Å²) in [6, 6.07) is 56.3. The van der Waals surface area contributed by atoms with Crippen molar-refractivity contribution in [2.45, 2.75) is 203 Å². The second-order valence-electron chi connectivity index (χ2n) is 26.3. The van der Waals surface area contributed by atoms with Crippen molar-refractivity contribution in [1.29, 1.82) is 0 Å². The van der Waals surface area contributed by atoms with Crippen molar-refractivity contribution in [1.82, 2.24) is 0 Å². The molecule has 0 aliphatic rings. The molecular formula is C87H105N2O6S3+. The first-order valence-corrected chi connectivity index (χ1v) is 39.5. The van der Waals surface area contributed by atoms with Crippen LogP contribution in [0.3, 0.4) is 0 Å². The highest BCUT2D eigenvalue weighted by Gasteiger charge is 2.24. The first-order chi connectivity index (χ1) is 48.1. The van der Waals surface area contributed by atoms with Crippen LogP contribution in [0.15, 0.2) is 164 Å². The lowest BCUT2D eigenvalue weighted by Gasteiger charge is -2.26. The van der Waals surface area contributed by atoms with Crippen LogP contribution in [0.1, 0.15) is 194 Å². The standard InChI is InChI=1S/C87H104N2O6S3/c1-8-15-22-25-28-68-57-82(87-70(30-27-24-17-10-3)58-83(98-87)86-69(29-26-23-16-9-2)56-81(96-86)67-31-32-71-61-88(62-84(90)91)50-49-66(71)55-67)97-85(68)65-37-43-74(44-38-65)89(72-39-33-63(34-40-72)77-47-45-75(92-51-18-11-4)59-79(77)94-53-20-13-6)73-41-35-64(36-42-73)78-48-46-76(93-52-19-12-5)60-80(78)95-54-21-14-7/h31-50,55-61H,8-30,51-54,62H2,1-7H3/p+1. The molecule has 11 heteroatoms. The number of nitrogens with zero attached hydrogens (tertiary/aromatic N) is 2. The average Bonchev–Trinajstić information content (AvgIpc) is 1.51. The minimum atomic E-state index is -0.845. The maximum absolute atomic E-state index is 11.6. The van der Waals surface area contributed by atoms with Gasteiger partial charge >= 0.3 is 5.97 Å². The number of ether oxygens (including phenoxy) is 4. The number of aliphatic carboxylic acids is 1. The van der Waals surface area contributed by atoms with E-state index in [0.717, 1.165) is 150 Å². The lowest BCUT2D eigenvalue weighted by Crippen LogP contribution is -2.36. The van der Waals surface area contributed by atoms with Crippen molar-refractivity contribution in [2.24, 2.45) is 0 Å². The second kappa shape index (κ2) is 38.0. The van der Waals surface area contributed by atoms with E-state index in [1.165, 1.54) is 128 Å². The van der Waals surface area contributed by atoms with Crippen LogP contribution in [0.2, 0.25) is 0 Å². The summed E-state index contributed by atoms with van der Waals surface area (Å²) in [6.07, 6.45) is 29.8. The molecule has 0 fully saturated rings. The number of unbranched alkanes of at least 4 members (excludes halogenated alkanes) is 13. The largest absolute Gasteiger partial charge is 0.493 e. The highest BCUT2D eigenvalue weighted by molar-refractivity contribution is 7.28. The van der Waals surface area contributed by atoms with E-state index in [1.807, 2.05) is 52.5 Å². The Hall–Kier alpha value is -7.70. The average molecular weight is 1370 g/mol. The number of rotatable bonds is 42. The lowest BCUT2D eigenvalue weighted by atomic mass is 10.0. The fourth-order valence-electron chi connectivity index (χ4n) is 12.8. The van der Waals surface area contributed by atoms with Gasteiger partial charge in [0, 0.05) is 81.0 Å². The molecule has 0 radical (unpaired) electrons. The van der Waals surface area contributed by atoms with E-state index in [-0.39, 0.29) is 6.54 Å². The van der Waals surface area contributed by atoms with E-state index in [1.54, 1.807) is 4.57 Å². The molecule has 8 nitrogen and oxygen atoms in total.